The smallest absolute Gasteiger partial charge is 0.191 e. The van der Waals surface area contributed by atoms with E-state index in [4.69, 9.17) is 0 Å². The highest BCUT2D eigenvalue weighted by Crippen LogP contribution is 2.02. The molecule has 0 unspecified atom stereocenters. The Kier molecular flexibility index (Phi) is 8.50. The molecular weight excluding hydrogens is 387 g/mol. The van der Waals surface area contributed by atoms with E-state index in [1.807, 2.05) is 12.3 Å². The Bertz CT molecular complexity index is 567. The van der Waals surface area contributed by atoms with Crippen molar-refractivity contribution >= 4 is 29.9 Å². The van der Waals surface area contributed by atoms with E-state index in [0.29, 0.717) is 0 Å². The van der Waals surface area contributed by atoms with Crippen molar-refractivity contribution in [1.82, 2.24) is 15.6 Å². The summed E-state index contributed by atoms with van der Waals surface area (Å²) >= 11 is 0. The number of pyridine rings is 1. The van der Waals surface area contributed by atoms with Crippen molar-refractivity contribution in [3.05, 3.63) is 65.5 Å². The lowest BCUT2D eigenvalue weighted by molar-refractivity contribution is 0.793. The third-order valence-corrected chi connectivity index (χ3v) is 3.23. The van der Waals surface area contributed by atoms with Crippen LogP contribution < -0.4 is 10.6 Å². The fourth-order valence-electron chi connectivity index (χ4n) is 1.98. The minimum absolute atomic E-state index is 0. The monoisotopic (exact) mass is 410 g/mol. The first-order valence-electron chi connectivity index (χ1n) is 7.17. The van der Waals surface area contributed by atoms with Crippen LogP contribution in [0.4, 0.5) is 0 Å². The SMILES string of the molecule is CN=C(NCCc1cccnc1)NCc1ccc(C)cc1.I. The van der Waals surface area contributed by atoms with Gasteiger partial charge in [0, 0.05) is 32.5 Å². The molecule has 0 saturated carbocycles. The van der Waals surface area contributed by atoms with Crippen molar-refractivity contribution in [2.24, 2.45) is 4.99 Å². The number of hydrogen-bond donors (Lipinski definition) is 2. The van der Waals surface area contributed by atoms with E-state index >= 15 is 0 Å². The summed E-state index contributed by atoms with van der Waals surface area (Å²) < 4.78 is 0. The van der Waals surface area contributed by atoms with E-state index in [-0.39, 0.29) is 24.0 Å². The van der Waals surface area contributed by atoms with Gasteiger partial charge in [0.15, 0.2) is 5.96 Å². The van der Waals surface area contributed by atoms with E-state index in [0.717, 1.165) is 25.5 Å². The maximum atomic E-state index is 4.23. The quantitative estimate of drug-likeness (QED) is 0.453. The van der Waals surface area contributed by atoms with E-state index < -0.39 is 0 Å². The zero-order valence-corrected chi connectivity index (χ0v) is 15.4. The summed E-state index contributed by atoms with van der Waals surface area (Å²) in [6.07, 6.45) is 4.61. The fraction of sp³-hybridized carbons (Fsp3) is 0.294. The number of benzene rings is 1. The Morgan fingerprint density at radius 1 is 1.09 bits per heavy atom. The summed E-state index contributed by atoms with van der Waals surface area (Å²) in [7, 11) is 1.79. The molecule has 22 heavy (non-hydrogen) atoms. The van der Waals surface area contributed by atoms with Gasteiger partial charge < -0.3 is 10.6 Å². The molecule has 0 fully saturated rings. The number of rotatable bonds is 5. The van der Waals surface area contributed by atoms with Crippen LogP contribution in [-0.2, 0) is 13.0 Å². The minimum Gasteiger partial charge on any atom is -0.356 e. The van der Waals surface area contributed by atoms with Crippen LogP contribution in [0.15, 0.2) is 53.8 Å². The lowest BCUT2D eigenvalue weighted by Gasteiger charge is -2.12. The lowest BCUT2D eigenvalue weighted by atomic mass is 10.1. The second-order valence-corrected chi connectivity index (χ2v) is 4.95. The summed E-state index contributed by atoms with van der Waals surface area (Å²) in [5.41, 5.74) is 3.74. The number of aromatic nitrogens is 1. The average molecular weight is 410 g/mol. The molecule has 0 atom stereocenters. The predicted molar refractivity (Wildman–Crippen MR) is 103 cm³/mol. The lowest BCUT2D eigenvalue weighted by Crippen LogP contribution is -2.37. The second-order valence-electron chi connectivity index (χ2n) is 4.95. The first-order chi connectivity index (χ1) is 10.3. The molecule has 0 bridgehead atoms. The summed E-state index contributed by atoms with van der Waals surface area (Å²) in [5, 5.41) is 6.63. The molecule has 4 nitrogen and oxygen atoms in total. The summed E-state index contributed by atoms with van der Waals surface area (Å²) in [5.74, 6) is 0.819. The number of guanidine groups is 1. The standard InChI is InChI=1S/C17H22N4.HI/c1-14-5-7-16(8-6-14)13-21-17(18-2)20-11-9-15-4-3-10-19-12-15;/h3-8,10,12H,9,11,13H2,1-2H3,(H2,18,20,21);1H. The first-order valence-corrected chi connectivity index (χ1v) is 7.17. The molecule has 1 heterocycles. The number of aliphatic imine (C=N–C) groups is 1. The van der Waals surface area contributed by atoms with Crippen molar-refractivity contribution in [3.8, 4) is 0 Å². The van der Waals surface area contributed by atoms with Gasteiger partial charge in [-0.2, -0.15) is 0 Å². The number of aryl methyl sites for hydroxylation is 1. The van der Waals surface area contributed by atoms with Gasteiger partial charge in [-0.1, -0.05) is 35.9 Å². The van der Waals surface area contributed by atoms with Crippen LogP contribution in [0.3, 0.4) is 0 Å². The van der Waals surface area contributed by atoms with Gasteiger partial charge in [-0.25, -0.2) is 0 Å². The van der Waals surface area contributed by atoms with E-state index in [9.17, 15) is 0 Å². The number of nitrogens with zero attached hydrogens (tertiary/aromatic N) is 2. The maximum absolute atomic E-state index is 4.23. The van der Waals surface area contributed by atoms with Crippen LogP contribution in [0, 0.1) is 6.92 Å². The third kappa shape index (κ3) is 6.43. The predicted octanol–water partition coefficient (Wildman–Crippen LogP) is 2.92. The van der Waals surface area contributed by atoms with E-state index in [1.54, 1.807) is 13.2 Å². The summed E-state index contributed by atoms with van der Waals surface area (Å²) in [6, 6.07) is 12.5. The fourth-order valence-corrected chi connectivity index (χ4v) is 1.98. The summed E-state index contributed by atoms with van der Waals surface area (Å²) in [6.45, 7) is 3.70. The minimum atomic E-state index is 0. The van der Waals surface area contributed by atoms with Crippen LogP contribution >= 0.6 is 24.0 Å². The van der Waals surface area contributed by atoms with Crippen molar-refractivity contribution in [2.75, 3.05) is 13.6 Å². The number of hydrogen-bond acceptors (Lipinski definition) is 2. The Hall–Kier alpha value is -1.63. The molecule has 0 aliphatic heterocycles. The molecule has 1 aromatic heterocycles. The Labute approximate surface area is 149 Å². The Morgan fingerprint density at radius 3 is 2.50 bits per heavy atom. The zero-order valence-electron chi connectivity index (χ0n) is 13.0. The molecule has 0 amide bonds. The number of nitrogens with one attached hydrogen (secondary N) is 2. The van der Waals surface area contributed by atoms with Gasteiger partial charge in [0.25, 0.3) is 0 Å². The van der Waals surface area contributed by atoms with Gasteiger partial charge in [-0.05, 0) is 30.5 Å². The third-order valence-electron chi connectivity index (χ3n) is 3.23. The largest absolute Gasteiger partial charge is 0.356 e. The van der Waals surface area contributed by atoms with Crippen molar-refractivity contribution in [2.45, 2.75) is 19.9 Å². The van der Waals surface area contributed by atoms with Crippen LogP contribution in [0.2, 0.25) is 0 Å². The van der Waals surface area contributed by atoms with Crippen molar-refractivity contribution < 1.29 is 0 Å². The van der Waals surface area contributed by atoms with E-state index in [1.165, 1.54) is 16.7 Å². The molecule has 2 N–H and O–H groups in total. The van der Waals surface area contributed by atoms with Crippen LogP contribution in [0.25, 0.3) is 0 Å². The van der Waals surface area contributed by atoms with Crippen molar-refractivity contribution in [3.63, 3.8) is 0 Å². The van der Waals surface area contributed by atoms with Gasteiger partial charge >= 0.3 is 0 Å². The highest BCUT2D eigenvalue weighted by molar-refractivity contribution is 14.0. The van der Waals surface area contributed by atoms with Crippen LogP contribution in [-0.4, -0.2) is 24.5 Å². The molecule has 0 radical (unpaired) electrons. The highest BCUT2D eigenvalue weighted by atomic mass is 127. The van der Waals surface area contributed by atoms with Crippen LogP contribution in [0.5, 0.6) is 0 Å². The molecule has 118 valence electrons. The van der Waals surface area contributed by atoms with Gasteiger partial charge in [0.2, 0.25) is 0 Å². The molecule has 5 heteroatoms. The number of halogens is 1. The molecule has 0 spiro atoms. The highest BCUT2D eigenvalue weighted by Gasteiger charge is 1.98. The average Bonchev–Trinajstić information content (AvgIpc) is 2.53. The zero-order chi connectivity index (χ0) is 14.9. The normalized spacial score (nSPS) is 10.7. The first kappa shape index (κ1) is 18.4. The topological polar surface area (TPSA) is 49.3 Å². The van der Waals surface area contributed by atoms with Gasteiger partial charge in [0.05, 0.1) is 0 Å². The Morgan fingerprint density at radius 2 is 1.86 bits per heavy atom. The maximum Gasteiger partial charge on any atom is 0.191 e. The van der Waals surface area contributed by atoms with Gasteiger partial charge in [-0.15, -0.1) is 24.0 Å². The molecule has 0 aliphatic carbocycles. The van der Waals surface area contributed by atoms with Crippen LogP contribution in [0.1, 0.15) is 16.7 Å². The van der Waals surface area contributed by atoms with Gasteiger partial charge in [0.1, 0.15) is 0 Å². The molecule has 0 saturated heterocycles. The molecule has 0 aliphatic rings. The van der Waals surface area contributed by atoms with Crippen molar-refractivity contribution in [1.29, 1.82) is 0 Å². The molecular formula is C17H23IN4. The molecule has 2 rings (SSSR count). The molecule has 1 aromatic carbocycles. The molecule has 2 aromatic rings. The van der Waals surface area contributed by atoms with Gasteiger partial charge in [-0.3, -0.25) is 9.98 Å². The van der Waals surface area contributed by atoms with E-state index in [2.05, 4.69) is 57.9 Å². The Balaban J connectivity index is 0.00000242. The summed E-state index contributed by atoms with van der Waals surface area (Å²) in [4.78, 5) is 8.34. The second kappa shape index (κ2) is 10.2.